The topological polar surface area (TPSA) is 87.7 Å². The molecule has 4 unspecified atom stereocenters. The van der Waals surface area contributed by atoms with Crippen LogP contribution in [0, 0.1) is 28.6 Å². The standard InChI is InChI=1S/C30H37BN2O4.C4H10.2H2/c1-29-21-16-25(29)30(29,2)26(17-21)37-31(36)18-32-28(35)24(15-19-9-4-3-5-10-19)33-27(34)23-14-8-12-20-11-6-7-13-22(20)23;1-4(2)3;;/h3-7,9-11,13,21,23-26,36H,8,12,14-18H2,1-2H3,(H,32,35)(H,33,34);4H,1-3H3;2*1H/t21?,23-,24-,25?,26+,29?,30?;;;/m0.../s1. The van der Waals surface area contributed by atoms with Crippen LogP contribution in [0.2, 0.25) is 0 Å². The van der Waals surface area contributed by atoms with Crippen LogP contribution >= 0.6 is 0 Å². The van der Waals surface area contributed by atoms with E-state index in [4.69, 9.17) is 4.65 Å². The smallest absolute Gasteiger partial charge is 0.426 e. The molecule has 6 rings (SSSR count). The maximum atomic E-state index is 13.4. The molecule has 4 aliphatic rings. The first-order chi connectivity index (χ1) is 19.6. The van der Waals surface area contributed by atoms with E-state index in [-0.39, 0.29) is 38.5 Å². The largest absolute Gasteiger partial charge is 0.475 e. The van der Waals surface area contributed by atoms with Crippen LogP contribution in [0.3, 0.4) is 0 Å². The zero-order valence-electron chi connectivity index (χ0n) is 25.4. The molecular weight excluding hydrogens is 511 g/mol. The fraction of sp³-hybridized carbons (Fsp3) is 0.588. The summed E-state index contributed by atoms with van der Waals surface area (Å²) in [5, 5.41) is 16.5. The summed E-state index contributed by atoms with van der Waals surface area (Å²) in [6, 6.07) is 17.1. The van der Waals surface area contributed by atoms with Crippen molar-refractivity contribution in [3.8, 4) is 0 Å². The van der Waals surface area contributed by atoms with Crippen LogP contribution in [0.1, 0.15) is 85.8 Å². The van der Waals surface area contributed by atoms with E-state index in [2.05, 4.69) is 51.3 Å². The lowest BCUT2D eigenvalue weighted by Gasteiger charge is -2.34. The first-order valence-electron chi connectivity index (χ1n) is 15.6. The molecular formula is C34H51BN2O4. The molecule has 0 heterocycles. The van der Waals surface area contributed by atoms with E-state index in [1.54, 1.807) is 0 Å². The Balaban J connectivity index is 0.000000796. The van der Waals surface area contributed by atoms with E-state index in [0.29, 0.717) is 23.7 Å². The minimum atomic E-state index is -1.06. The lowest BCUT2D eigenvalue weighted by molar-refractivity contribution is -0.129. The third kappa shape index (κ3) is 5.72. The SMILES string of the molecule is CC(C)C.CC12C3CC1C2(C)[C@H](OB(O)CNC(=O)[C@H](Cc1ccccc1)NC(=O)[C@H]1CCCc2ccccc21)C3.[HH].[HH]. The van der Waals surface area contributed by atoms with E-state index in [0.717, 1.165) is 42.7 Å². The summed E-state index contributed by atoms with van der Waals surface area (Å²) in [5.41, 5.74) is 3.77. The molecule has 0 aromatic heterocycles. The number of aryl methyl sites for hydroxylation is 1. The van der Waals surface area contributed by atoms with Gasteiger partial charge in [-0.2, -0.15) is 0 Å². The quantitative estimate of drug-likeness (QED) is 0.349. The highest BCUT2D eigenvalue weighted by Gasteiger charge is 2.86. The summed E-state index contributed by atoms with van der Waals surface area (Å²) in [7, 11) is -1.06. The van der Waals surface area contributed by atoms with Crippen molar-refractivity contribution >= 4 is 18.9 Å². The first-order valence-corrected chi connectivity index (χ1v) is 15.6. The Morgan fingerprint density at radius 2 is 1.73 bits per heavy atom. The molecule has 3 saturated carbocycles. The Morgan fingerprint density at radius 1 is 1.05 bits per heavy atom. The van der Waals surface area contributed by atoms with Crippen molar-refractivity contribution in [2.24, 2.45) is 28.6 Å². The zero-order valence-corrected chi connectivity index (χ0v) is 25.4. The van der Waals surface area contributed by atoms with Gasteiger partial charge in [-0.05, 0) is 72.0 Å². The fourth-order valence-electron chi connectivity index (χ4n) is 8.07. The number of hydrogen-bond acceptors (Lipinski definition) is 4. The predicted octanol–water partition coefficient (Wildman–Crippen LogP) is 5.58. The molecule has 4 aliphatic carbocycles. The second kappa shape index (κ2) is 11.9. The molecule has 0 bridgehead atoms. The number of fused-ring (bicyclic) bond motifs is 2. The van der Waals surface area contributed by atoms with Crippen LogP contribution in [0.5, 0.6) is 0 Å². The monoisotopic (exact) mass is 562 g/mol. The van der Waals surface area contributed by atoms with Crippen LogP contribution in [-0.4, -0.2) is 42.5 Å². The Morgan fingerprint density at radius 3 is 2.39 bits per heavy atom. The summed E-state index contributed by atoms with van der Waals surface area (Å²) in [6.45, 7) is 11.1. The Kier molecular flexibility index (Phi) is 8.68. The summed E-state index contributed by atoms with van der Waals surface area (Å²) >= 11 is 0. The Bertz CT molecular complexity index is 1240. The van der Waals surface area contributed by atoms with Crippen molar-refractivity contribution in [1.82, 2.24) is 10.6 Å². The maximum Gasteiger partial charge on any atom is 0.475 e. The molecule has 0 aliphatic heterocycles. The Hall–Kier alpha value is -2.64. The van der Waals surface area contributed by atoms with Gasteiger partial charge < -0.3 is 20.3 Å². The van der Waals surface area contributed by atoms with E-state index < -0.39 is 13.2 Å². The van der Waals surface area contributed by atoms with Crippen LogP contribution in [0.4, 0.5) is 0 Å². The molecule has 2 amide bonds. The van der Waals surface area contributed by atoms with Gasteiger partial charge in [-0.1, -0.05) is 89.2 Å². The number of amides is 2. The normalized spacial score (nSPS) is 31.0. The molecule has 2 aromatic rings. The van der Waals surface area contributed by atoms with E-state index in [9.17, 15) is 14.6 Å². The first kappa shape index (κ1) is 29.8. The van der Waals surface area contributed by atoms with Gasteiger partial charge in [0.05, 0.1) is 12.4 Å². The van der Waals surface area contributed by atoms with Crippen molar-refractivity contribution < 1.29 is 22.1 Å². The minimum absolute atomic E-state index is 0. The van der Waals surface area contributed by atoms with E-state index >= 15 is 0 Å². The number of nitrogens with one attached hydrogen (secondary N) is 2. The lowest BCUT2D eigenvalue weighted by Crippen LogP contribution is -2.52. The molecule has 41 heavy (non-hydrogen) atoms. The lowest BCUT2D eigenvalue weighted by atomic mass is 9.73. The van der Waals surface area contributed by atoms with Gasteiger partial charge in [0.15, 0.2) is 0 Å². The second-order valence-corrected chi connectivity index (χ2v) is 13.7. The van der Waals surface area contributed by atoms with Crippen molar-refractivity contribution in [2.75, 3.05) is 6.44 Å². The summed E-state index contributed by atoms with van der Waals surface area (Å²) in [4.78, 5) is 26.7. The van der Waals surface area contributed by atoms with Gasteiger partial charge >= 0.3 is 7.12 Å². The molecule has 6 nitrogen and oxygen atoms in total. The number of hydrogen-bond donors (Lipinski definition) is 3. The summed E-state index contributed by atoms with van der Waals surface area (Å²) in [6.07, 6.45) is 5.41. The molecule has 0 spiro atoms. The maximum absolute atomic E-state index is 13.4. The number of carbonyl (C=O) groups excluding carboxylic acids is 2. The average Bonchev–Trinajstić information content (AvgIpc) is 3.27. The third-order valence-electron chi connectivity index (χ3n) is 10.4. The molecule has 224 valence electrons. The molecule has 2 aromatic carbocycles. The number of benzene rings is 2. The molecule has 0 radical (unpaired) electrons. The minimum Gasteiger partial charge on any atom is -0.426 e. The zero-order chi connectivity index (χ0) is 29.4. The van der Waals surface area contributed by atoms with Crippen LogP contribution in [-0.2, 0) is 27.1 Å². The summed E-state index contributed by atoms with van der Waals surface area (Å²) in [5.74, 6) is 1.56. The van der Waals surface area contributed by atoms with Crippen molar-refractivity contribution in [2.45, 2.75) is 91.2 Å². The van der Waals surface area contributed by atoms with Gasteiger partial charge in [-0.3, -0.25) is 9.59 Å². The van der Waals surface area contributed by atoms with Gasteiger partial charge in [-0.15, -0.1) is 0 Å². The van der Waals surface area contributed by atoms with Gasteiger partial charge in [0, 0.05) is 20.8 Å². The van der Waals surface area contributed by atoms with Gasteiger partial charge in [0.2, 0.25) is 11.8 Å². The highest BCUT2D eigenvalue weighted by molar-refractivity contribution is 6.43. The summed E-state index contributed by atoms with van der Waals surface area (Å²) < 4.78 is 6.05. The molecule has 0 saturated heterocycles. The number of rotatable bonds is 9. The van der Waals surface area contributed by atoms with Crippen LogP contribution in [0.25, 0.3) is 0 Å². The van der Waals surface area contributed by atoms with Crippen LogP contribution in [0.15, 0.2) is 54.6 Å². The van der Waals surface area contributed by atoms with E-state index in [1.165, 1.54) is 12.0 Å². The fourth-order valence-corrected chi connectivity index (χ4v) is 8.07. The van der Waals surface area contributed by atoms with Crippen molar-refractivity contribution in [3.63, 3.8) is 0 Å². The van der Waals surface area contributed by atoms with Crippen LogP contribution < -0.4 is 10.6 Å². The number of carbonyl (C=O) groups is 2. The molecule has 7 atom stereocenters. The van der Waals surface area contributed by atoms with Gasteiger partial charge in [0.1, 0.15) is 6.04 Å². The van der Waals surface area contributed by atoms with E-state index in [1.807, 2.05) is 48.5 Å². The third-order valence-corrected chi connectivity index (χ3v) is 10.4. The second-order valence-electron chi connectivity index (χ2n) is 13.7. The van der Waals surface area contributed by atoms with Gasteiger partial charge in [0.25, 0.3) is 0 Å². The molecule has 3 fully saturated rings. The molecule has 3 N–H and O–H groups in total. The molecule has 7 heteroatoms. The average molecular weight is 563 g/mol. The van der Waals surface area contributed by atoms with Crippen molar-refractivity contribution in [1.29, 1.82) is 0 Å². The highest BCUT2D eigenvalue weighted by atomic mass is 16.5. The highest BCUT2D eigenvalue weighted by Crippen LogP contribution is 2.89. The van der Waals surface area contributed by atoms with Gasteiger partial charge in [-0.25, -0.2) is 0 Å². The predicted molar refractivity (Wildman–Crippen MR) is 167 cm³/mol. The Labute approximate surface area is 249 Å². The van der Waals surface area contributed by atoms with Crippen molar-refractivity contribution in [3.05, 3.63) is 71.3 Å².